The number of thiazole rings is 1. The summed E-state index contributed by atoms with van der Waals surface area (Å²) in [5.41, 5.74) is 0.522. The summed E-state index contributed by atoms with van der Waals surface area (Å²) in [5, 5.41) is 3.96. The van der Waals surface area contributed by atoms with E-state index in [0.717, 1.165) is 5.56 Å². The smallest absolute Gasteiger partial charge is 0.268 e. The van der Waals surface area contributed by atoms with Gasteiger partial charge in [-0.15, -0.1) is 11.3 Å². The van der Waals surface area contributed by atoms with E-state index in [2.05, 4.69) is 0 Å². The van der Waals surface area contributed by atoms with Crippen LogP contribution in [0.4, 0.5) is 0 Å². The number of aromatic nitrogens is 1. The SMILES string of the molecule is Cn1c(=CC(=O)C(C)(C)C)sc(=Cc2ccsc2)c1=O. The third-order valence-corrected chi connectivity index (χ3v) is 4.71. The van der Waals surface area contributed by atoms with Gasteiger partial charge in [-0.05, 0) is 28.5 Å². The van der Waals surface area contributed by atoms with Crippen LogP contribution in [0.25, 0.3) is 12.2 Å². The molecular weight excluding hydrogens is 290 g/mol. The number of thiophene rings is 1. The number of Topliss-reactive ketones (excluding diaryl/α,β-unsaturated/α-hetero) is 1. The monoisotopic (exact) mass is 307 g/mol. The van der Waals surface area contributed by atoms with E-state index in [4.69, 9.17) is 0 Å². The van der Waals surface area contributed by atoms with Gasteiger partial charge in [-0.1, -0.05) is 20.8 Å². The van der Waals surface area contributed by atoms with Crippen LogP contribution in [0.3, 0.4) is 0 Å². The summed E-state index contributed by atoms with van der Waals surface area (Å²) in [5.74, 6) is 0.0245. The fourth-order valence-corrected chi connectivity index (χ4v) is 3.19. The molecule has 106 valence electrons. The van der Waals surface area contributed by atoms with E-state index in [1.807, 2.05) is 43.7 Å². The van der Waals surface area contributed by atoms with Gasteiger partial charge in [0.15, 0.2) is 5.78 Å². The number of hydrogen-bond donors (Lipinski definition) is 0. The Labute approximate surface area is 125 Å². The van der Waals surface area contributed by atoms with Gasteiger partial charge in [0, 0.05) is 18.5 Å². The Morgan fingerprint density at radius 3 is 2.60 bits per heavy atom. The Bertz CT molecular complexity index is 787. The summed E-state index contributed by atoms with van der Waals surface area (Å²) >= 11 is 2.94. The van der Waals surface area contributed by atoms with Crippen LogP contribution < -0.4 is 14.8 Å². The van der Waals surface area contributed by atoms with Crippen LogP contribution in [0.1, 0.15) is 26.3 Å². The maximum Gasteiger partial charge on any atom is 0.268 e. The Morgan fingerprint density at radius 1 is 1.35 bits per heavy atom. The lowest BCUT2D eigenvalue weighted by Crippen LogP contribution is -2.29. The first kappa shape index (κ1) is 14.9. The number of nitrogens with zero attached hydrogens (tertiary/aromatic N) is 1. The molecule has 5 heteroatoms. The molecule has 2 heterocycles. The molecule has 0 aliphatic carbocycles. The summed E-state index contributed by atoms with van der Waals surface area (Å²) in [6, 6.07) is 1.97. The summed E-state index contributed by atoms with van der Waals surface area (Å²) in [4.78, 5) is 24.2. The second-order valence-corrected chi connectivity index (χ2v) is 7.47. The van der Waals surface area contributed by atoms with Crippen LogP contribution >= 0.6 is 22.7 Å². The van der Waals surface area contributed by atoms with Crippen LogP contribution in [0.2, 0.25) is 0 Å². The third kappa shape index (κ3) is 3.16. The molecule has 0 aliphatic heterocycles. The van der Waals surface area contributed by atoms with Crippen molar-refractivity contribution in [3.05, 3.63) is 41.9 Å². The molecule has 0 radical (unpaired) electrons. The molecule has 20 heavy (non-hydrogen) atoms. The van der Waals surface area contributed by atoms with Gasteiger partial charge in [0.2, 0.25) is 0 Å². The molecule has 0 N–H and O–H groups in total. The highest BCUT2D eigenvalue weighted by molar-refractivity contribution is 7.08. The van der Waals surface area contributed by atoms with Gasteiger partial charge in [0.25, 0.3) is 5.56 Å². The molecule has 2 aromatic rings. The zero-order valence-corrected chi connectivity index (χ0v) is 13.6. The van der Waals surface area contributed by atoms with Crippen molar-refractivity contribution in [1.82, 2.24) is 4.57 Å². The molecular formula is C15H17NO2S2. The summed E-state index contributed by atoms with van der Waals surface area (Å²) in [7, 11) is 1.70. The van der Waals surface area contributed by atoms with Crippen molar-refractivity contribution in [2.45, 2.75) is 20.8 Å². The maximum absolute atomic E-state index is 12.2. The highest BCUT2D eigenvalue weighted by Gasteiger charge is 2.19. The van der Waals surface area contributed by atoms with Crippen molar-refractivity contribution in [1.29, 1.82) is 0 Å². The number of hydrogen-bond acceptors (Lipinski definition) is 4. The zero-order chi connectivity index (χ0) is 14.9. The lowest BCUT2D eigenvalue weighted by Gasteiger charge is -2.12. The predicted molar refractivity (Wildman–Crippen MR) is 85.6 cm³/mol. The molecule has 0 atom stereocenters. The fourth-order valence-electron chi connectivity index (χ4n) is 1.54. The lowest BCUT2D eigenvalue weighted by atomic mass is 9.91. The second-order valence-electron chi connectivity index (χ2n) is 5.63. The van der Waals surface area contributed by atoms with E-state index in [0.29, 0.717) is 9.20 Å². The molecule has 0 saturated heterocycles. The number of rotatable bonds is 2. The molecule has 2 rings (SSSR count). The van der Waals surface area contributed by atoms with Crippen LogP contribution in [-0.2, 0) is 11.8 Å². The molecule has 3 nitrogen and oxygen atoms in total. The van der Waals surface area contributed by atoms with Crippen LogP contribution in [0, 0.1) is 5.41 Å². The van der Waals surface area contributed by atoms with E-state index < -0.39 is 5.41 Å². The first-order valence-electron chi connectivity index (χ1n) is 6.25. The van der Waals surface area contributed by atoms with E-state index in [1.54, 1.807) is 24.5 Å². The minimum Gasteiger partial charge on any atom is -0.302 e. The van der Waals surface area contributed by atoms with Gasteiger partial charge in [0.1, 0.15) is 4.66 Å². The van der Waals surface area contributed by atoms with E-state index in [-0.39, 0.29) is 11.3 Å². The molecule has 0 saturated carbocycles. The molecule has 0 spiro atoms. The first-order valence-corrected chi connectivity index (χ1v) is 8.01. The highest BCUT2D eigenvalue weighted by atomic mass is 32.1. The highest BCUT2D eigenvalue weighted by Crippen LogP contribution is 2.14. The predicted octanol–water partition coefficient (Wildman–Crippen LogP) is 1.73. The molecule has 2 aromatic heterocycles. The van der Waals surface area contributed by atoms with E-state index >= 15 is 0 Å². The fraction of sp³-hybridized carbons (Fsp3) is 0.333. The summed E-state index contributed by atoms with van der Waals surface area (Å²) in [6.45, 7) is 5.61. The van der Waals surface area contributed by atoms with Gasteiger partial charge in [-0.2, -0.15) is 11.3 Å². The maximum atomic E-state index is 12.2. The van der Waals surface area contributed by atoms with Crippen molar-refractivity contribution in [2.24, 2.45) is 12.5 Å². The number of carbonyl (C=O) groups is 1. The van der Waals surface area contributed by atoms with E-state index in [1.165, 1.54) is 15.9 Å². The van der Waals surface area contributed by atoms with Crippen molar-refractivity contribution >= 4 is 40.6 Å². The van der Waals surface area contributed by atoms with Gasteiger partial charge in [0.05, 0.1) is 4.53 Å². The van der Waals surface area contributed by atoms with E-state index in [9.17, 15) is 9.59 Å². The van der Waals surface area contributed by atoms with Gasteiger partial charge in [-0.25, -0.2) is 0 Å². The molecule has 0 fully saturated rings. The summed E-state index contributed by atoms with van der Waals surface area (Å²) < 4.78 is 2.88. The quantitative estimate of drug-likeness (QED) is 0.847. The Hall–Kier alpha value is -1.46. The zero-order valence-electron chi connectivity index (χ0n) is 12.0. The molecule has 0 aliphatic rings. The van der Waals surface area contributed by atoms with Gasteiger partial charge >= 0.3 is 0 Å². The topological polar surface area (TPSA) is 39.1 Å². The van der Waals surface area contributed by atoms with Crippen molar-refractivity contribution < 1.29 is 4.79 Å². The average Bonchev–Trinajstić information content (AvgIpc) is 2.94. The average molecular weight is 307 g/mol. The summed E-state index contributed by atoms with van der Waals surface area (Å²) in [6.07, 6.45) is 3.43. The van der Waals surface area contributed by atoms with Crippen LogP contribution in [0.5, 0.6) is 0 Å². The lowest BCUT2D eigenvalue weighted by molar-refractivity contribution is -0.120. The molecule has 0 bridgehead atoms. The van der Waals surface area contributed by atoms with Gasteiger partial charge < -0.3 is 4.57 Å². The second kappa shape index (κ2) is 5.50. The molecule has 0 unspecified atom stereocenters. The minimum atomic E-state index is -0.433. The van der Waals surface area contributed by atoms with Crippen LogP contribution in [-0.4, -0.2) is 10.4 Å². The first-order chi connectivity index (χ1) is 9.29. The number of ketones is 1. The third-order valence-electron chi connectivity index (χ3n) is 2.90. The number of carbonyl (C=O) groups excluding carboxylic acids is 1. The normalized spacial score (nSPS) is 14.0. The molecule has 0 amide bonds. The minimum absolute atomic E-state index is 0.0245. The standard InChI is InChI=1S/C15H17NO2S2/c1-15(2,3)12(17)8-13-16(4)14(18)11(20-13)7-10-5-6-19-9-10/h5-9H,1-4H3. The Kier molecular flexibility index (Phi) is 4.11. The van der Waals surface area contributed by atoms with Crippen molar-refractivity contribution in [3.63, 3.8) is 0 Å². The van der Waals surface area contributed by atoms with Gasteiger partial charge in [-0.3, -0.25) is 9.59 Å². The molecule has 0 aromatic carbocycles. The Morgan fingerprint density at radius 2 is 2.05 bits per heavy atom. The Balaban J connectivity index is 2.57. The van der Waals surface area contributed by atoms with Crippen molar-refractivity contribution in [3.8, 4) is 0 Å². The van der Waals surface area contributed by atoms with Crippen molar-refractivity contribution in [2.75, 3.05) is 0 Å². The van der Waals surface area contributed by atoms with Crippen LogP contribution in [0.15, 0.2) is 21.6 Å². The largest absolute Gasteiger partial charge is 0.302 e.